The van der Waals surface area contributed by atoms with Crippen LogP contribution in [-0.4, -0.2) is 50.7 Å². The van der Waals surface area contributed by atoms with Crippen LogP contribution in [0.25, 0.3) is 0 Å². The van der Waals surface area contributed by atoms with E-state index in [-0.39, 0.29) is 23.7 Å². The van der Waals surface area contributed by atoms with Crippen LogP contribution in [0.3, 0.4) is 0 Å². The van der Waals surface area contributed by atoms with Gasteiger partial charge in [0.1, 0.15) is 11.2 Å². The maximum Gasteiger partial charge on any atom is 0.326 e. The molecule has 2 atom stereocenters. The van der Waals surface area contributed by atoms with E-state index >= 15 is 0 Å². The Bertz CT molecular complexity index is 476. The normalized spacial score (nSPS) is 23.1. The topological polar surface area (TPSA) is 90.7 Å². The van der Waals surface area contributed by atoms with Crippen molar-refractivity contribution in [2.75, 3.05) is 6.54 Å². The van der Waals surface area contributed by atoms with Gasteiger partial charge in [-0.05, 0) is 12.1 Å². The number of pyridine rings is 1. The van der Waals surface area contributed by atoms with Gasteiger partial charge in [0.05, 0.1) is 11.7 Å². The molecule has 0 aromatic carbocycles. The van der Waals surface area contributed by atoms with Crippen molar-refractivity contribution in [3.63, 3.8) is 0 Å². The minimum Gasteiger partial charge on any atom is -0.480 e. The fourth-order valence-electron chi connectivity index (χ4n) is 1.94. The number of nitrogens with zero attached hydrogens (tertiary/aromatic N) is 2. The molecule has 0 aliphatic carbocycles. The molecule has 1 aliphatic heterocycles. The number of carbonyl (C=O) groups excluding carboxylic acids is 1. The molecule has 0 unspecified atom stereocenters. The fraction of sp³-hybridized carbons (Fsp3) is 0.364. The van der Waals surface area contributed by atoms with Crippen LogP contribution < -0.4 is 0 Å². The lowest BCUT2D eigenvalue weighted by Crippen LogP contribution is -2.40. The van der Waals surface area contributed by atoms with E-state index in [2.05, 4.69) is 4.98 Å². The molecule has 0 radical (unpaired) electrons. The van der Waals surface area contributed by atoms with E-state index in [4.69, 9.17) is 16.7 Å². The summed E-state index contributed by atoms with van der Waals surface area (Å²) in [7, 11) is 0. The molecule has 1 aromatic heterocycles. The molecule has 0 saturated carbocycles. The highest BCUT2D eigenvalue weighted by atomic mass is 35.5. The van der Waals surface area contributed by atoms with E-state index in [0.29, 0.717) is 0 Å². The summed E-state index contributed by atoms with van der Waals surface area (Å²) in [5.41, 5.74) is 0.250. The fourth-order valence-corrected chi connectivity index (χ4v) is 2.05. The first kappa shape index (κ1) is 12.8. The number of amides is 1. The van der Waals surface area contributed by atoms with Crippen LogP contribution in [0.15, 0.2) is 18.3 Å². The summed E-state index contributed by atoms with van der Waals surface area (Å²) in [6.45, 7) is 0.0123. The molecule has 96 valence electrons. The maximum absolute atomic E-state index is 12.1. The Hall–Kier alpha value is -1.66. The number of aliphatic hydroxyl groups excluding tert-OH is 1. The van der Waals surface area contributed by atoms with Gasteiger partial charge in [0.2, 0.25) is 0 Å². The minimum absolute atomic E-state index is 0.0123. The molecule has 1 aromatic rings. The van der Waals surface area contributed by atoms with E-state index in [0.717, 1.165) is 4.90 Å². The van der Waals surface area contributed by atoms with Crippen molar-refractivity contribution in [2.24, 2.45) is 0 Å². The monoisotopic (exact) mass is 270 g/mol. The predicted octanol–water partition coefficient (Wildman–Crippen LogP) is 0.395. The van der Waals surface area contributed by atoms with E-state index in [9.17, 15) is 14.7 Å². The van der Waals surface area contributed by atoms with E-state index in [1.54, 1.807) is 0 Å². The van der Waals surface area contributed by atoms with Crippen LogP contribution in [0, 0.1) is 0 Å². The van der Waals surface area contributed by atoms with Gasteiger partial charge in [-0.1, -0.05) is 11.6 Å². The number of aromatic nitrogens is 1. The van der Waals surface area contributed by atoms with Crippen LogP contribution in [0.2, 0.25) is 5.15 Å². The van der Waals surface area contributed by atoms with Gasteiger partial charge in [-0.25, -0.2) is 9.78 Å². The van der Waals surface area contributed by atoms with Crippen LogP contribution in [0.4, 0.5) is 0 Å². The van der Waals surface area contributed by atoms with E-state index < -0.39 is 24.0 Å². The molecule has 2 rings (SSSR count). The van der Waals surface area contributed by atoms with Gasteiger partial charge in [0, 0.05) is 19.2 Å². The van der Waals surface area contributed by atoms with Crippen LogP contribution in [0.5, 0.6) is 0 Å². The third-order valence-electron chi connectivity index (χ3n) is 2.80. The lowest BCUT2D eigenvalue weighted by Gasteiger charge is -2.20. The van der Waals surface area contributed by atoms with Gasteiger partial charge in [-0.2, -0.15) is 0 Å². The summed E-state index contributed by atoms with van der Waals surface area (Å²) in [5, 5.41) is 18.7. The van der Waals surface area contributed by atoms with Gasteiger partial charge in [0.15, 0.2) is 0 Å². The molecular weight excluding hydrogens is 260 g/mol. The number of likely N-dealkylation sites (tertiary alicyclic amines) is 1. The number of carboxylic acid groups (broad SMARTS) is 1. The summed E-state index contributed by atoms with van der Waals surface area (Å²) in [4.78, 5) is 28.0. The van der Waals surface area contributed by atoms with Crippen LogP contribution in [-0.2, 0) is 4.79 Å². The number of rotatable bonds is 2. The van der Waals surface area contributed by atoms with Crippen molar-refractivity contribution >= 4 is 23.5 Å². The zero-order valence-corrected chi connectivity index (χ0v) is 10.0. The maximum atomic E-state index is 12.1. The van der Waals surface area contributed by atoms with Gasteiger partial charge < -0.3 is 15.1 Å². The highest BCUT2D eigenvalue weighted by molar-refractivity contribution is 6.29. The summed E-state index contributed by atoms with van der Waals surface area (Å²) in [5.74, 6) is -1.59. The van der Waals surface area contributed by atoms with Crippen LogP contribution >= 0.6 is 11.6 Å². The largest absolute Gasteiger partial charge is 0.480 e. The lowest BCUT2D eigenvalue weighted by atomic mass is 10.2. The van der Waals surface area contributed by atoms with Crippen molar-refractivity contribution in [2.45, 2.75) is 18.6 Å². The average Bonchev–Trinajstić information content (AvgIpc) is 2.71. The molecule has 1 amide bonds. The molecule has 0 bridgehead atoms. The smallest absolute Gasteiger partial charge is 0.326 e. The number of aliphatic hydroxyl groups is 1. The van der Waals surface area contributed by atoms with Crippen molar-refractivity contribution < 1.29 is 19.8 Å². The van der Waals surface area contributed by atoms with Gasteiger partial charge in [-0.3, -0.25) is 4.79 Å². The molecule has 2 N–H and O–H groups in total. The first-order chi connectivity index (χ1) is 8.49. The number of β-amino-alcohol motifs (C(OH)–C–C–N with tert-alkyl or cyclic N) is 1. The Kier molecular flexibility index (Phi) is 3.49. The summed E-state index contributed by atoms with van der Waals surface area (Å²) in [6.07, 6.45) is 0.520. The Balaban J connectivity index is 2.22. The number of hydrogen-bond acceptors (Lipinski definition) is 4. The van der Waals surface area contributed by atoms with Gasteiger partial charge in [-0.15, -0.1) is 0 Å². The van der Waals surface area contributed by atoms with Gasteiger partial charge >= 0.3 is 5.97 Å². The summed E-state index contributed by atoms with van der Waals surface area (Å²) < 4.78 is 0. The molecule has 2 heterocycles. The SMILES string of the molecule is O=C(O)[C@@H]1C[C@@H](O)CN1C(=O)c1ccc(Cl)nc1. The first-order valence-electron chi connectivity index (χ1n) is 5.32. The Morgan fingerprint density at radius 1 is 1.44 bits per heavy atom. The molecule has 0 spiro atoms. The molecule has 6 nitrogen and oxygen atoms in total. The van der Waals surface area contributed by atoms with E-state index in [1.807, 2.05) is 0 Å². The Morgan fingerprint density at radius 3 is 2.72 bits per heavy atom. The summed E-state index contributed by atoms with van der Waals surface area (Å²) in [6, 6.07) is 1.93. The molecule has 1 fully saturated rings. The third-order valence-corrected chi connectivity index (χ3v) is 3.02. The lowest BCUT2D eigenvalue weighted by molar-refractivity contribution is -0.141. The minimum atomic E-state index is -1.12. The third kappa shape index (κ3) is 2.44. The zero-order chi connectivity index (χ0) is 13.3. The number of aliphatic carboxylic acids is 1. The molecule has 7 heteroatoms. The second kappa shape index (κ2) is 4.91. The Morgan fingerprint density at radius 2 is 2.17 bits per heavy atom. The zero-order valence-electron chi connectivity index (χ0n) is 9.28. The van der Waals surface area contributed by atoms with Crippen molar-refractivity contribution in [1.82, 2.24) is 9.88 Å². The van der Waals surface area contributed by atoms with Crippen LogP contribution in [0.1, 0.15) is 16.8 Å². The van der Waals surface area contributed by atoms with Crippen molar-refractivity contribution in [1.29, 1.82) is 0 Å². The number of halogens is 1. The second-order valence-electron chi connectivity index (χ2n) is 4.07. The molecule has 18 heavy (non-hydrogen) atoms. The van der Waals surface area contributed by atoms with Crippen molar-refractivity contribution in [3.05, 3.63) is 29.0 Å². The standard InChI is InChI=1S/C11H11ClN2O4/c12-9-2-1-6(4-13-9)10(16)14-5-7(15)3-8(14)11(17)18/h1-2,4,7-8,15H,3,5H2,(H,17,18)/t7-,8+/m1/s1. The van der Waals surface area contributed by atoms with E-state index in [1.165, 1.54) is 18.3 Å². The molecule has 1 aliphatic rings. The average molecular weight is 271 g/mol. The quantitative estimate of drug-likeness (QED) is 0.759. The highest BCUT2D eigenvalue weighted by Crippen LogP contribution is 2.21. The number of carboxylic acids is 1. The molecule has 1 saturated heterocycles. The van der Waals surface area contributed by atoms with Crippen molar-refractivity contribution in [3.8, 4) is 0 Å². The molecular formula is C11H11ClN2O4. The first-order valence-corrected chi connectivity index (χ1v) is 5.70. The number of hydrogen-bond donors (Lipinski definition) is 2. The number of carbonyl (C=O) groups is 2. The second-order valence-corrected chi connectivity index (χ2v) is 4.46. The highest BCUT2D eigenvalue weighted by Gasteiger charge is 2.39. The van der Waals surface area contributed by atoms with Gasteiger partial charge in [0.25, 0.3) is 5.91 Å². The Labute approximate surface area is 108 Å². The summed E-state index contributed by atoms with van der Waals surface area (Å²) >= 11 is 5.61. The predicted molar refractivity (Wildman–Crippen MR) is 62.3 cm³/mol.